The van der Waals surface area contributed by atoms with Gasteiger partial charge in [-0.1, -0.05) is 32.9 Å². The van der Waals surface area contributed by atoms with E-state index in [1.165, 1.54) is 4.70 Å². The Morgan fingerprint density at radius 2 is 1.88 bits per heavy atom. The Morgan fingerprint density at radius 3 is 2.64 bits per heavy atom. The molecule has 3 heterocycles. The van der Waals surface area contributed by atoms with Gasteiger partial charge in [-0.3, -0.25) is 4.98 Å². The first-order valence-electron chi connectivity index (χ1n) is 8.30. The third kappa shape index (κ3) is 2.96. The van der Waals surface area contributed by atoms with Crippen molar-refractivity contribution >= 4 is 21.6 Å². The van der Waals surface area contributed by atoms with Crippen LogP contribution in [-0.2, 0) is 5.41 Å². The van der Waals surface area contributed by atoms with Crippen molar-refractivity contribution in [3.63, 3.8) is 0 Å². The molecule has 0 saturated carbocycles. The van der Waals surface area contributed by atoms with Gasteiger partial charge >= 0.3 is 0 Å². The van der Waals surface area contributed by atoms with Gasteiger partial charge in [0.2, 0.25) is 0 Å². The molecule has 1 N–H and O–H groups in total. The molecular weight excluding hydrogens is 328 g/mol. The number of benzene rings is 1. The summed E-state index contributed by atoms with van der Waals surface area (Å²) in [6.07, 6.45) is 0. The molecule has 25 heavy (non-hydrogen) atoms. The second-order valence-corrected chi connectivity index (χ2v) is 8.14. The van der Waals surface area contributed by atoms with Crippen LogP contribution in [-0.4, -0.2) is 19.9 Å². The van der Waals surface area contributed by atoms with Gasteiger partial charge in [0.05, 0.1) is 32.8 Å². The lowest BCUT2D eigenvalue weighted by Crippen LogP contribution is -2.13. The van der Waals surface area contributed by atoms with E-state index in [1.807, 2.05) is 30.6 Å². The lowest BCUT2D eigenvalue weighted by atomic mass is 9.96. The van der Waals surface area contributed by atoms with Crippen LogP contribution in [0.3, 0.4) is 0 Å². The SMILES string of the molecule is Cc1cccc(-c2[nH]c(C(C)(C)C)nc2-c2ccc3ncsc3c2)n1. The summed E-state index contributed by atoms with van der Waals surface area (Å²) in [5.74, 6) is 0.963. The van der Waals surface area contributed by atoms with E-state index in [0.717, 1.165) is 39.7 Å². The number of H-pyrrole nitrogens is 1. The molecule has 4 aromatic rings. The van der Waals surface area contributed by atoms with Crippen molar-refractivity contribution in [1.82, 2.24) is 19.9 Å². The Balaban J connectivity index is 1.94. The van der Waals surface area contributed by atoms with Gasteiger partial charge in [0.15, 0.2) is 0 Å². The highest BCUT2D eigenvalue weighted by atomic mass is 32.1. The topological polar surface area (TPSA) is 54.5 Å². The van der Waals surface area contributed by atoms with Crippen molar-refractivity contribution in [2.24, 2.45) is 0 Å². The minimum absolute atomic E-state index is 0.0641. The molecule has 0 saturated heterocycles. The third-order valence-electron chi connectivity index (χ3n) is 4.16. The first-order valence-corrected chi connectivity index (χ1v) is 9.18. The number of hydrogen-bond donors (Lipinski definition) is 1. The molecule has 0 atom stereocenters. The summed E-state index contributed by atoms with van der Waals surface area (Å²) in [7, 11) is 0. The van der Waals surface area contributed by atoms with Crippen LogP contribution in [0, 0.1) is 6.92 Å². The predicted octanol–water partition coefficient (Wildman–Crippen LogP) is 5.35. The number of imidazole rings is 1. The molecule has 0 aliphatic rings. The number of nitrogens with one attached hydrogen (secondary N) is 1. The quantitative estimate of drug-likeness (QED) is 0.531. The average Bonchev–Trinajstić information content (AvgIpc) is 3.20. The first-order chi connectivity index (χ1) is 11.9. The van der Waals surface area contributed by atoms with Gasteiger partial charge in [-0.25, -0.2) is 9.97 Å². The van der Waals surface area contributed by atoms with E-state index >= 15 is 0 Å². The zero-order valence-electron chi connectivity index (χ0n) is 14.8. The number of aromatic amines is 1. The van der Waals surface area contributed by atoms with Gasteiger partial charge < -0.3 is 4.98 Å². The predicted molar refractivity (Wildman–Crippen MR) is 104 cm³/mol. The van der Waals surface area contributed by atoms with Gasteiger partial charge in [0, 0.05) is 16.7 Å². The number of thiazole rings is 1. The third-order valence-corrected chi connectivity index (χ3v) is 4.96. The molecule has 4 rings (SSSR count). The molecule has 0 fully saturated rings. The van der Waals surface area contributed by atoms with Crippen molar-refractivity contribution in [3.05, 3.63) is 53.4 Å². The second-order valence-electron chi connectivity index (χ2n) is 7.26. The van der Waals surface area contributed by atoms with Crippen molar-refractivity contribution in [3.8, 4) is 22.6 Å². The van der Waals surface area contributed by atoms with Crippen LogP contribution in [0.25, 0.3) is 32.9 Å². The maximum atomic E-state index is 4.94. The summed E-state index contributed by atoms with van der Waals surface area (Å²) in [4.78, 5) is 17.5. The van der Waals surface area contributed by atoms with E-state index in [1.54, 1.807) is 11.3 Å². The average molecular weight is 348 g/mol. The molecule has 0 bridgehead atoms. The lowest BCUT2D eigenvalue weighted by molar-refractivity contribution is 0.553. The van der Waals surface area contributed by atoms with E-state index in [2.05, 4.69) is 48.9 Å². The maximum Gasteiger partial charge on any atom is 0.112 e. The molecule has 0 amide bonds. The molecule has 126 valence electrons. The van der Waals surface area contributed by atoms with Crippen molar-refractivity contribution in [2.45, 2.75) is 33.1 Å². The van der Waals surface area contributed by atoms with Crippen LogP contribution in [0.4, 0.5) is 0 Å². The number of pyridine rings is 1. The molecular formula is C20H20N4S. The Hall–Kier alpha value is -2.53. The van der Waals surface area contributed by atoms with Gasteiger partial charge in [0.1, 0.15) is 5.82 Å². The number of hydrogen-bond acceptors (Lipinski definition) is 4. The van der Waals surface area contributed by atoms with Crippen LogP contribution in [0.1, 0.15) is 32.3 Å². The second kappa shape index (κ2) is 5.77. The monoisotopic (exact) mass is 348 g/mol. The lowest BCUT2D eigenvalue weighted by Gasteiger charge is -2.14. The fraction of sp³-hybridized carbons (Fsp3) is 0.250. The van der Waals surface area contributed by atoms with Crippen LogP contribution in [0.5, 0.6) is 0 Å². The highest BCUT2D eigenvalue weighted by molar-refractivity contribution is 7.16. The largest absolute Gasteiger partial charge is 0.340 e. The fourth-order valence-electron chi connectivity index (χ4n) is 2.81. The van der Waals surface area contributed by atoms with Gasteiger partial charge in [-0.15, -0.1) is 11.3 Å². The van der Waals surface area contributed by atoms with E-state index in [4.69, 9.17) is 9.97 Å². The van der Waals surface area contributed by atoms with Crippen LogP contribution >= 0.6 is 11.3 Å². The van der Waals surface area contributed by atoms with Gasteiger partial charge in [-0.05, 0) is 31.2 Å². The molecule has 5 heteroatoms. The fourth-order valence-corrected chi connectivity index (χ4v) is 3.52. The molecule has 0 unspecified atom stereocenters. The molecule has 4 nitrogen and oxygen atoms in total. The molecule has 3 aromatic heterocycles. The maximum absolute atomic E-state index is 4.94. The van der Waals surface area contributed by atoms with E-state index < -0.39 is 0 Å². The molecule has 1 aromatic carbocycles. The molecule has 0 aliphatic heterocycles. The molecule has 0 radical (unpaired) electrons. The summed E-state index contributed by atoms with van der Waals surface area (Å²) in [5, 5.41) is 0. The van der Waals surface area contributed by atoms with E-state index in [-0.39, 0.29) is 5.41 Å². The summed E-state index contributed by atoms with van der Waals surface area (Å²) < 4.78 is 1.17. The Bertz CT molecular complexity index is 1050. The molecule has 0 spiro atoms. The Labute approximate surface area is 151 Å². The Kier molecular flexibility index (Phi) is 3.69. The van der Waals surface area contributed by atoms with Crippen molar-refractivity contribution < 1.29 is 0 Å². The number of rotatable bonds is 2. The highest BCUT2D eigenvalue weighted by Gasteiger charge is 2.23. The Morgan fingerprint density at radius 1 is 1.04 bits per heavy atom. The summed E-state index contributed by atoms with van der Waals surface area (Å²) in [5.41, 5.74) is 7.75. The summed E-state index contributed by atoms with van der Waals surface area (Å²) >= 11 is 1.65. The van der Waals surface area contributed by atoms with E-state index in [9.17, 15) is 0 Å². The zero-order chi connectivity index (χ0) is 17.6. The van der Waals surface area contributed by atoms with Gasteiger partial charge in [-0.2, -0.15) is 0 Å². The van der Waals surface area contributed by atoms with E-state index in [0.29, 0.717) is 0 Å². The van der Waals surface area contributed by atoms with Crippen LogP contribution < -0.4 is 0 Å². The number of aryl methyl sites for hydroxylation is 1. The standard InChI is InChI=1S/C20H20N4S/c1-12-6-5-7-15(22-12)18-17(23-19(24-18)20(2,3)4)13-8-9-14-16(10-13)25-11-21-14/h5-11H,1-4H3,(H,23,24). The zero-order valence-corrected chi connectivity index (χ0v) is 15.6. The first kappa shape index (κ1) is 16.0. The normalized spacial score (nSPS) is 12.0. The smallest absolute Gasteiger partial charge is 0.112 e. The molecule has 0 aliphatic carbocycles. The number of nitrogens with zero attached hydrogens (tertiary/aromatic N) is 3. The summed E-state index contributed by atoms with van der Waals surface area (Å²) in [6, 6.07) is 12.4. The van der Waals surface area contributed by atoms with Crippen LogP contribution in [0.15, 0.2) is 41.9 Å². The highest BCUT2D eigenvalue weighted by Crippen LogP contribution is 2.34. The number of aromatic nitrogens is 4. The minimum atomic E-state index is -0.0641. The van der Waals surface area contributed by atoms with Gasteiger partial charge in [0.25, 0.3) is 0 Å². The van der Waals surface area contributed by atoms with Crippen molar-refractivity contribution in [2.75, 3.05) is 0 Å². The minimum Gasteiger partial charge on any atom is -0.340 e. The number of fused-ring (bicyclic) bond motifs is 1. The van der Waals surface area contributed by atoms with Crippen LogP contribution in [0.2, 0.25) is 0 Å². The summed E-state index contributed by atoms with van der Waals surface area (Å²) in [6.45, 7) is 8.49. The van der Waals surface area contributed by atoms with Crippen molar-refractivity contribution in [1.29, 1.82) is 0 Å².